The van der Waals surface area contributed by atoms with Crippen LogP contribution in [0.3, 0.4) is 0 Å². The fraction of sp³-hybridized carbons (Fsp3) is 0.531. The summed E-state index contributed by atoms with van der Waals surface area (Å²) in [5.41, 5.74) is 6.68. The van der Waals surface area contributed by atoms with E-state index in [0.717, 1.165) is 45.3 Å². The first kappa shape index (κ1) is 28.5. The molecule has 6 rings (SSSR count). The Morgan fingerprint density at radius 2 is 1.90 bits per heavy atom. The van der Waals surface area contributed by atoms with Crippen LogP contribution in [0.4, 0.5) is 9.59 Å². The molecule has 0 spiro atoms. The number of aromatic nitrogens is 2. The molecule has 10 heteroatoms. The molecule has 2 aromatic heterocycles. The summed E-state index contributed by atoms with van der Waals surface area (Å²) in [6.07, 6.45) is 4.26. The number of aromatic amines is 1. The summed E-state index contributed by atoms with van der Waals surface area (Å²) < 4.78 is 17.5. The molecule has 3 aliphatic heterocycles. The zero-order chi connectivity index (χ0) is 29.6. The Hall–Kier alpha value is -3.63. The molecule has 3 amide bonds. The molecule has 10 nitrogen and oxygen atoms in total. The lowest BCUT2D eigenvalue weighted by molar-refractivity contribution is -0.0335. The van der Waals surface area contributed by atoms with Gasteiger partial charge in [-0.05, 0) is 81.0 Å². The van der Waals surface area contributed by atoms with Crippen molar-refractivity contribution in [2.45, 2.75) is 65.3 Å². The minimum absolute atomic E-state index is 0.0225. The highest BCUT2D eigenvalue weighted by Gasteiger charge is 2.36. The lowest BCUT2D eigenvalue weighted by atomic mass is 9.87. The molecule has 0 bridgehead atoms. The van der Waals surface area contributed by atoms with Crippen molar-refractivity contribution in [1.82, 2.24) is 24.7 Å². The molecule has 42 heavy (non-hydrogen) atoms. The topological polar surface area (TPSA) is 100 Å². The van der Waals surface area contributed by atoms with Gasteiger partial charge in [-0.1, -0.05) is 6.07 Å². The van der Waals surface area contributed by atoms with Crippen LogP contribution in [0, 0.1) is 6.92 Å². The average Bonchev–Trinajstić information content (AvgIpc) is 3.34. The van der Waals surface area contributed by atoms with E-state index in [2.05, 4.69) is 35.1 Å². The SMILES string of the molecule is Cc1c[nH]c2ncc(-c3cc4c(c([C@@H]5COCCN5C(=O)OC(C)(C)C)c3)CN(C(=O)N3CCO[C@@H](C)C3)CC4)cc12. The Morgan fingerprint density at radius 3 is 2.69 bits per heavy atom. The second-order valence-corrected chi connectivity index (χ2v) is 12.6. The Morgan fingerprint density at radius 1 is 1.07 bits per heavy atom. The Labute approximate surface area is 246 Å². The van der Waals surface area contributed by atoms with E-state index in [9.17, 15) is 9.59 Å². The van der Waals surface area contributed by atoms with Gasteiger partial charge in [-0.2, -0.15) is 0 Å². The molecule has 2 saturated heterocycles. The predicted octanol–water partition coefficient (Wildman–Crippen LogP) is 5.05. The standard InChI is InChI=1S/C32H41N5O5/c1-20-15-33-29-25(20)14-24(16-34-29)23-12-22-6-7-35(30(38)36-8-11-41-21(2)17-36)18-27(22)26(13-23)28-19-40-10-9-37(28)31(39)42-32(3,4)5/h12-16,21,28H,6-11,17-19H2,1-5H3,(H,33,34)/t21-,28-/m0/s1. The van der Waals surface area contributed by atoms with Crippen molar-refractivity contribution in [3.8, 4) is 11.1 Å². The fourth-order valence-electron chi connectivity index (χ4n) is 6.21. The number of hydrogen-bond acceptors (Lipinski definition) is 6. The van der Waals surface area contributed by atoms with Gasteiger partial charge in [0.1, 0.15) is 11.2 Å². The number of urea groups is 1. The fourth-order valence-corrected chi connectivity index (χ4v) is 6.21. The third-order valence-electron chi connectivity index (χ3n) is 8.35. The predicted molar refractivity (Wildman–Crippen MR) is 159 cm³/mol. The molecule has 1 N–H and O–H groups in total. The van der Waals surface area contributed by atoms with E-state index in [0.29, 0.717) is 52.5 Å². The Kier molecular flexibility index (Phi) is 7.61. The van der Waals surface area contributed by atoms with Crippen molar-refractivity contribution in [2.24, 2.45) is 0 Å². The van der Waals surface area contributed by atoms with Crippen LogP contribution in [0.1, 0.15) is 56.0 Å². The van der Waals surface area contributed by atoms with Crippen LogP contribution in [0.2, 0.25) is 0 Å². The van der Waals surface area contributed by atoms with E-state index in [1.807, 2.05) is 49.9 Å². The minimum atomic E-state index is -0.616. The van der Waals surface area contributed by atoms with Crippen LogP contribution >= 0.6 is 0 Å². The summed E-state index contributed by atoms with van der Waals surface area (Å²) in [5, 5.41) is 1.08. The number of pyridine rings is 1. The molecule has 2 fully saturated rings. The van der Waals surface area contributed by atoms with Gasteiger partial charge in [-0.15, -0.1) is 0 Å². The minimum Gasteiger partial charge on any atom is -0.444 e. The maximum atomic E-state index is 13.6. The van der Waals surface area contributed by atoms with E-state index in [1.165, 1.54) is 5.56 Å². The second kappa shape index (κ2) is 11.2. The highest BCUT2D eigenvalue weighted by Crippen LogP contribution is 2.37. The van der Waals surface area contributed by atoms with Crippen LogP contribution in [-0.4, -0.2) is 94.5 Å². The van der Waals surface area contributed by atoms with Gasteiger partial charge in [0, 0.05) is 56.1 Å². The summed E-state index contributed by atoms with van der Waals surface area (Å²) in [6, 6.07) is 6.24. The average molecular weight is 576 g/mol. The van der Waals surface area contributed by atoms with E-state index in [-0.39, 0.29) is 24.3 Å². The maximum Gasteiger partial charge on any atom is 0.410 e. The number of amides is 3. The number of rotatable bonds is 2. The van der Waals surface area contributed by atoms with E-state index < -0.39 is 5.60 Å². The number of benzene rings is 1. The van der Waals surface area contributed by atoms with Gasteiger partial charge in [0.15, 0.2) is 0 Å². The molecule has 224 valence electrons. The molecule has 3 aliphatic rings. The Balaban J connectivity index is 1.40. The first-order valence-corrected chi connectivity index (χ1v) is 14.9. The summed E-state index contributed by atoms with van der Waals surface area (Å²) in [4.78, 5) is 40.6. The zero-order valence-corrected chi connectivity index (χ0v) is 25.2. The van der Waals surface area contributed by atoms with Crippen molar-refractivity contribution in [3.63, 3.8) is 0 Å². The molecule has 0 aliphatic carbocycles. The van der Waals surface area contributed by atoms with E-state index >= 15 is 0 Å². The van der Waals surface area contributed by atoms with Gasteiger partial charge in [-0.3, -0.25) is 4.90 Å². The number of nitrogens with zero attached hydrogens (tertiary/aromatic N) is 4. The summed E-state index contributed by atoms with van der Waals surface area (Å²) in [7, 11) is 0. The molecule has 0 radical (unpaired) electrons. The highest BCUT2D eigenvalue weighted by atomic mass is 16.6. The molecule has 1 aromatic carbocycles. The van der Waals surface area contributed by atoms with Crippen molar-refractivity contribution in [2.75, 3.05) is 46.0 Å². The molecule has 2 atom stereocenters. The lowest BCUT2D eigenvalue weighted by Crippen LogP contribution is -2.51. The number of H-pyrrole nitrogens is 1. The summed E-state index contributed by atoms with van der Waals surface area (Å²) >= 11 is 0. The molecule has 3 aromatic rings. The van der Waals surface area contributed by atoms with Crippen LogP contribution in [0.25, 0.3) is 22.2 Å². The van der Waals surface area contributed by atoms with Crippen molar-refractivity contribution in [3.05, 3.63) is 52.8 Å². The first-order valence-electron chi connectivity index (χ1n) is 14.9. The largest absolute Gasteiger partial charge is 0.444 e. The molecular formula is C32H41N5O5. The van der Waals surface area contributed by atoms with Crippen LogP contribution in [0.5, 0.6) is 0 Å². The van der Waals surface area contributed by atoms with Gasteiger partial charge in [0.2, 0.25) is 0 Å². The third kappa shape index (κ3) is 5.70. The second-order valence-electron chi connectivity index (χ2n) is 12.6. The number of carbonyl (C=O) groups is 2. The normalized spacial score (nSPS) is 21.4. The summed E-state index contributed by atoms with van der Waals surface area (Å²) in [5.74, 6) is 0. The number of ether oxygens (including phenoxy) is 3. The van der Waals surface area contributed by atoms with Crippen molar-refractivity contribution >= 4 is 23.2 Å². The number of carbonyl (C=O) groups excluding carboxylic acids is 2. The molecule has 0 unspecified atom stereocenters. The van der Waals surface area contributed by atoms with Crippen LogP contribution in [-0.2, 0) is 27.2 Å². The van der Waals surface area contributed by atoms with Gasteiger partial charge < -0.3 is 29.0 Å². The number of aryl methyl sites for hydroxylation is 1. The van der Waals surface area contributed by atoms with Crippen LogP contribution in [0.15, 0.2) is 30.6 Å². The maximum absolute atomic E-state index is 13.6. The number of hydrogen-bond donors (Lipinski definition) is 1. The third-order valence-corrected chi connectivity index (χ3v) is 8.35. The Bertz CT molecular complexity index is 1490. The number of fused-ring (bicyclic) bond motifs is 2. The number of morpholine rings is 2. The van der Waals surface area contributed by atoms with E-state index in [4.69, 9.17) is 14.2 Å². The zero-order valence-electron chi connectivity index (χ0n) is 25.2. The van der Waals surface area contributed by atoms with Gasteiger partial charge in [0.05, 0.1) is 32.0 Å². The van der Waals surface area contributed by atoms with Gasteiger partial charge >= 0.3 is 12.1 Å². The van der Waals surface area contributed by atoms with Crippen molar-refractivity contribution < 1.29 is 23.8 Å². The quantitative estimate of drug-likeness (QED) is 0.459. The lowest BCUT2D eigenvalue weighted by Gasteiger charge is -2.41. The molecule has 5 heterocycles. The van der Waals surface area contributed by atoms with Gasteiger partial charge in [0.25, 0.3) is 0 Å². The molecular weight excluding hydrogens is 534 g/mol. The van der Waals surface area contributed by atoms with Crippen LogP contribution < -0.4 is 0 Å². The smallest absolute Gasteiger partial charge is 0.410 e. The monoisotopic (exact) mass is 575 g/mol. The number of nitrogens with one attached hydrogen (secondary N) is 1. The van der Waals surface area contributed by atoms with Gasteiger partial charge in [-0.25, -0.2) is 14.6 Å². The first-order chi connectivity index (χ1) is 20.1. The van der Waals surface area contributed by atoms with E-state index in [1.54, 1.807) is 4.90 Å². The van der Waals surface area contributed by atoms with Crippen molar-refractivity contribution in [1.29, 1.82) is 0 Å². The summed E-state index contributed by atoms with van der Waals surface area (Å²) in [6.45, 7) is 13.8. The highest BCUT2D eigenvalue weighted by molar-refractivity contribution is 5.85. The molecule has 0 saturated carbocycles.